The smallest absolute Gasteiger partial charge is 0.222 e. The van der Waals surface area contributed by atoms with E-state index in [1.165, 1.54) is 0 Å². The van der Waals surface area contributed by atoms with Crippen LogP contribution in [-0.4, -0.2) is 33.2 Å². The monoisotopic (exact) mass is 238 g/mol. The van der Waals surface area contributed by atoms with Crippen LogP contribution in [0.3, 0.4) is 0 Å². The van der Waals surface area contributed by atoms with Crippen LogP contribution in [0.2, 0.25) is 0 Å². The SMILES string of the molecule is CN(Cc1cnn(C)c1)C(=O)CCC(C)(C)N. The molecule has 0 aliphatic heterocycles. The average Bonchev–Trinajstić information content (AvgIpc) is 2.59. The van der Waals surface area contributed by atoms with Crippen LogP contribution >= 0.6 is 0 Å². The first kappa shape index (κ1) is 13.7. The molecule has 0 fully saturated rings. The lowest BCUT2D eigenvalue weighted by Gasteiger charge is -2.21. The van der Waals surface area contributed by atoms with E-state index in [1.807, 2.05) is 27.1 Å². The predicted molar refractivity (Wildman–Crippen MR) is 67.2 cm³/mol. The predicted octanol–water partition coefficient (Wildman–Crippen LogP) is 0.896. The van der Waals surface area contributed by atoms with Crippen LogP contribution in [0.5, 0.6) is 0 Å². The molecule has 0 unspecified atom stereocenters. The van der Waals surface area contributed by atoms with Crippen molar-refractivity contribution < 1.29 is 4.79 Å². The van der Waals surface area contributed by atoms with E-state index in [-0.39, 0.29) is 11.4 Å². The Labute approximate surface area is 103 Å². The number of carbonyl (C=O) groups is 1. The molecule has 0 saturated carbocycles. The van der Waals surface area contributed by atoms with Gasteiger partial charge in [-0.2, -0.15) is 5.10 Å². The first-order chi connectivity index (χ1) is 7.78. The highest BCUT2D eigenvalue weighted by Crippen LogP contribution is 2.10. The average molecular weight is 238 g/mol. The fourth-order valence-electron chi connectivity index (χ4n) is 1.54. The van der Waals surface area contributed by atoms with Crippen molar-refractivity contribution in [2.45, 2.75) is 38.8 Å². The van der Waals surface area contributed by atoms with Crippen molar-refractivity contribution in [1.29, 1.82) is 0 Å². The lowest BCUT2D eigenvalue weighted by molar-refractivity contribution is -0.130. The van der Waals surface area contributed by atoms with Crippen molar-refractivity contribution in [3.63, 3.8) is 0 Å². The maximum Gasteiger partial charge on any atom is 0.222 e. The van der Waals surface area contributed by atoms with Crippen LogP contribution in [0.25, 0.3) is 0 Å². The number of amides is 1. The van der Waals surface area contributed by atoms with Gasteiger partial charge in [-0.1, -0.05) is 0 Å². The van der Waals surface area contributed by atoms with Crippen molar-refractivity contribution in [2.24, 2.45) is 12.8 Å². The summed E-state index contributed by atoms with van der Waals surface area (Å²) < 4.78 is 1.73. The quantitative estimate of drug-likeness (QED) is 0.828. The van der Waals surface area contributed by atoms with E-state index in [2.05, 4.69) is 5.10 Å². The Morgan fingerprint density at radius 1 is 1.59 bits per heavy atom. The molecule has 0 aliphatic rings. The van der Waals surface area contributed by atoms with Gasteiger partial charge in [0, 0.05) is 44.4 Å². The number of hydrogen-bond acceptors (Lipinski definition) is 3. The molecule has 0 spiro atoms. The highest BCUT2D eigenvalue weighted by atomic mass is 16.2. The molecule has 1 amide bonds. The van der Waals surface area contributed by atoms with E-state index in [4.69, 9.17) is 5.73 Å². The molecule has 0 bridgehead atoms. The van der Waals surface area contributed by atoms with Crippen LogP contribution in [-0.2, 0) is 18.4 Å². The molecule has 0 atom stereocenters. The Morgan fingerprint density at radius 2 is 2.24 bits per heavy atom. The summed E-state index contributed by atoms with van der Waals surface area (Å²) >= 11 is 0. The van der Waals surface area contributed by atoms with Crippen molar-refractivity contribution in [3.05, 3.63) is 18.0 Å². The second-order valence-corrected chi connectivity index (χ2v) is 5.26. The first-order valence-electron chi connectivity index (χ1n) is 5.78. The Balaban J connectivity index is 2.42. The third-order valence-electron chi connectivity index (χ3n) is 2.59. The molecule has 0 radical (unpaired) electrons. The summed E-state index contributed by atoms with van der Waals surface area (Å²) in [5, 5.41) is 4.07. The Hall–Kier alpha value is -1.36. The molecule has 0 aliphatic carbocycles. The Morgan fingerprint density at radius 3 is 2.71 bits per heavy atom. The molecule has 5 nitrogen and oxygen atoms in total. The normalized spacial score (nSPS) is 11.6. The highest BCUT2D eigenvalue weighted by Gasteiger charge is 2.16. The molecule has 1 aromatic heterocycles. The standard InChI is InChI=1S/C12H22N4O/c1-12(2,13)6-5-11(17)15(3)8-10-7-14-16(4)9-10/h7,9H,5-6,8,13H2,1-4H3. The summed E-state index contributed by atoms with van der Waals surface area (Å²) in [6.45, 7) is 4.46. The van der Waals surface area contributed by atoms with Gasteiger partial charge in [0.2, 0.25) is 5.91 Å². The second-order valence-electron chi connectivity index (χ2n) is 5.26. The molecule has 1 heterocycles. The summed E-state index contributed by atoms with van der Waals surface area (Å²) in [7, 11) is 3.67. The molecule has 1 rings (SSSR count). The van der Waals surface area contributed by atoms with Gasteiger partial charge >= 0.3 is 0 Å². The third-order valence-corrected chi connectivity index (χ3v) is 2.59. The van der Waals surface area contributed by atoms with Crippen LogP contribution in [0, 0.1) is 0 Å². The van der Waals surface area contributed by atoms with Gasteiger partial charge in [0.25, 0.3) is 0 Å². The van der Waals surface area contributed by atoms with Crippen LogP contribution in [0.15, 0.2) is 12.4 Å². The van der Waals surface area contributed by atoms with Crippen LogP contribution in [0.1, 0.15) is 32.3 Å². The zero-order valence-electron chi connectivity index (χ0n) is 11.1. The molecule has 2 N–H and O–H groups in total. The van der Waals surface area contributed by atoms with Crippen molar-refractivity contribution >= 4 is 5.91 Å². The minimum absolute atomic E-state index is 0.118. The van der Waals surface area contributed by atoms with E-state index in [0.717, 1.165) is 5.56 Å². The minimum atomic E-state index is -0.287. The summed E-state index contributed by atoms with van der Waals surface area (Å²) in [6.07, 6.45) is 4.87. The molecule has 17 heavy (non-hydrogen) atoms. The van der Waals surface area contributed by atoms with E-state index in [1.54, 1.807) is 22.8 Å². The van der Waals surface area contributed by atoms with Gasteiger partial charge in [0.1, 0.15) is 0 Å². The van der Waals surface area contributed by atoms with E-state index in [0.29, 0.717) is 19.4 Å². The first-order valence-corrected chi connectivity index (χ1v) is 5.78. The lowest BCUT2D eigenvalue weighted by atomic mass is 10.00. The third kappa shape index (κ3) is 4.99. The Bertz CT molecular complexity index is 378. The maximum atomic E-state index is 11.8. The summed E-state index contributed by atoms with van der Waals surface area (Å²) in [4.78, 5) is 13.6. The number of aromatic nitrogens is 2. The topological polar surface area (TPSA) is 64.2 Å². The van der Waals surface area contributed by atoms with Gasteiger partial charge in [0.05, 0.1) is 6.20 Å². The van der Waals surface area contributed by atoms with Crippen LogP contribution < -0.4 is 5.73 Å². The van der Waals surface area contributed by atoms with Crippen molar-refractivity contribution in [3.8, 4) is 0 Å². The highest BCUT2D eigenvalue weighted by molar-refractivity contribution is 5.75. The number of nitrogens with zero attached hydrogens (tertiary/aromatic N) is 3. The van der Waals surface area contributed by atoms with Gasteiger partial charge in [0.15, 0.2) is 0 Å². The van der Waals surface area contributed by atoms with E-state index >= 15 is 0 Å². The van der Waals surface area contributed by atoms with E-state index in [9.17, 15) is 4.79 Å². The molecular weight excluding hydrogens is 216 g/mol. The number of nitrogens with two attached hydrogens (primary N) is 1. The lowest BCUT2D eigenvalue weighted by Crippen LogP contribution is -2.34. The van der Waals surface area contributed by atoms with Crippen molar-refractivity contribution in [2.75, 3.05) is 7.05 Å². The molecule has 5 heteroatoms. The summed E-state index contributed by atoms with van der Waals surface area (Å²) in [5.41, 5.74) is 6.61. The van der Waals surface area contributed by atoms with E-state index < -0.39 is 0 Å². The second kappa shape index (κ2) is 5.31. The molecule has 96 valence electrons. The number of aryl methyl sites for hydroxylation is 1. The zero-order chi connectivity index (χ0) is 13.1. The molecule has 0 saturated heterocycles. The summed E-state index contributed by atoms with van der Waals surface area (Å²) in [6, 6.07) is 0. The molecule has 1 aromatic rings. The van der Waals surface area contributed by atoms with Gasteiger partial charge in [-0.05, 0) is 20.3 Å². The number of carbonyl (C=O) groups excluding carboxylic acids is 1. The van der Waals surface area contributed by atoms with Gasteiger partial charge < -0.3 is 10.6 Å². The van der Waals surface area contributed by atoms with Crippen molar-refractivity contribution in [1.82, 2.24) is 14.7 Å². The fourth-order valence-corrected chi connectivity index (χ4v) is 1.54. The molecular formula is C12H22N4O. The van der Waals surface area contributed by atoms with Gasteiger partial charge in [-0.25, -0.2) is 0 Å². The minimum Gasteiger partial charge on any atom is -0.341 e. The fraction of sp³-hybridized carbons (Fsp3) is 0.667. The molecule has 0 aromatic carbocycles. The summed E-state index contributed by atoms with van der Waals surface area (Å²) in [5.74, 6) is 0.118. The number of hydrogen-bond donors (Lipinski definition) is 1. The largest absolute Gasteiger partial charge is 0.341 e. The Kier molecular flexibility index (Phi) is 4.28. The number of rotatable bonds is 5. The zero-order valence-corrected chi connectivity index (χ0v) is 11.1. The maximum absolute atomic E-state index is 11.8. The van der Waals surface area contributed by atoms with Gasteiger partial charge in [-0.3, -0.25) is 9.48 Å². The van der Waals surface area contributed by atoms with Crippen LogP contribution in [0.4, 0.5) is 0 Å². The van der Waals surface area contributed by atoms with Gasteiger partial charge in [-0.15, -0.1) is 0 Å².